The van der Waals surface area contributed by atoms with Gasteiger partial charge in [0, 0.05) is 19.2 Å². The molecule has 0 bridgehead atoms. The molecule has 2 aromatic rings. The molecule has 2 aromatic carbocycles. The van der Waals surface area contributed by atoms with E-state index in [0.29, 0.717) is 42.4 Å². The molecule has 0 aliphatic carbocycles. The van der Waals surface area contributed by atoms with E-state index in [2.05, 4.69) is 0 Å². The predicted molar refractivity (Wildman–Crippen MR) is 114 cm³/mol. The molecule has 2 aliphatic rings. The van der Waals surface area contributed by atoms with Crippen molar-refractivity contribution in [2.75, 3.05) is 25.1 Å². The highest BCUT2D eigenvalue weighted by molar-refractivity contribution is 6.08. The molecule has 2 aliphatic heterocycles. The Morgan fingerprint density at radius 3 is 2.70 bits per heavy atom. The lowest BCUT2D eigenvalue weighted by atomic mass is 10.1. The first kappa shape index (κ1) is 20.2. The van der Waals surface area contributed by atoms with E-state index in [1.807, 2.05) is 35.2 Å². The second-order valence-electron chi connectivity index (χ2n) is 7.83. The fraction of sp³-hybridized carbons (Fsp3) is 0.391. The minimum absolute atomic E-state index is 0.00715. The minimum atomic E-state index is -0.670. The lowest BCUT2D eigenvalue weighted by Gasteiger charge is -2.28. The molecule has 30 heavy (non-hydrogen) atoms. The third-order valence-corrected chi connectivity index (χ3v) is 5.73. The number of amides is 2. The molecule has 1 fully saturated rings. The standard InChI is InChI=1S/C23H27N3O4/c1-15(24)22(27)26-13-17-9-6-10-25(17)23(28)18-11-20(29-2)21(12-19(18)26)30-14-16-7-4-3-5-8-16/h3-5,7-8,11-12,15,17H,6,9-10,13-14,24H2,1-2H3/t15-,17-/m0/s1. The summed E-state index contributed by atoms with van der Waals surface area (Å²) in [5, 5.41) is 0. The van der Waals surface area contributed by atoms with Crippen LogP contribution in [0.5, 0.6) is 11.5 Å². The topological polar surface area (TPSA) is 85.1 Å². The number of anilines is 1. The van der Waals surface area contributed by atoms with Crippen LogP contribution < -0.4 is 20.1 Å². The molecule has 0 spiro atoms. The van der Waals surface area contributed by atoms with Crippen LogP contribution >= 0.6 is 0 Å². The summed E-state index contributed by atoms with van der Waals surface area (Å²) in [7, 11) is 1.54. The van der Waals surface area contributed by atoms with Crippen molar-refractivity contribution in [3.8, 4) is 11.5 Å². The van der Waals surface area contributed by atoms with E-state index in [0.717, 1.165) is 18.4 Å². The SMILES string of the molecule is COc1cc2c(cc1OCc1ccccc1)N(C(=O)[C@H](C)N)C[C@@H]1CCCN1C2=O. The van der Waals surface area contributed by atoms with Crippen LogP contribution in [-0.2, 0) is 11.4 Å². The maximum absolute atomic E-state index is 13.3. The van der Waals surface area contributed by atoms with E-state index in [4.69, 9.17) is 15.2 Å². The van der Waals surface area contributed by atoms with Crippen molar-refractivity contribution >= 4 is 17.5 Å². The van der Waals surface area contributed by atoms with E-state index in [-0.39, 0.29) is 17.9 Å². The van der Waals surface area contributed by atoms with Crippen LogP contribution in [0.1, 0.15) is 35.7 Å². The second-order valence-corrected chi connectivity index (χ2v) is 7.83. The van der Waals surface area contributed by atoms with Crippen LogP contribution in [0.15, 0.2) is 42.5 Å². The summed E-state index contributed by atoms with van der Waals surface area (Å²) in [5.41, 5.74) is 7.91. The summed E-state index contributed by atoms with van der Waals surface area (Å²) in [6.07, 6.45) is 1.80. The van der Waals surface area contributed by atoms with Crippen LogP contribution in [0.3, 0.4) is 0 Å². The number of fused-ring (bicyclic) bond motifs is 2. The van der Waals surface area contributed by atoms with Crippen LogP contribution in [0, 0.1) is 0 Å². The molecule has 0 aromatic heterocycles. The number of hydrogen-bond acceptors (Lipinski definition) is 5. The summed E-state index contributed by atoms with van der Waals surface area (Å²) in [4.78, 5) is 29.7. The molecule has 7 heteroatoms. The molecule has 4 rings (SSSR count). The molecular formula is C23H27N3O4. The quantitative estimate of drug-likeness (QED) is 0.820. The van der Waals surface area contributed by atoms with E-state index < -0.39 is 6.04 Å². The third kappa shape index (κ3) is 3.73. The normalized spacial score (nSPS) is 19.0. The summed E-state index contributed by atoms with van der Waals surface area (Å²) >= 11 is 0. The summed E-state index contributed by atoms with van der Waals surface area (Å²) in [6.45, 7) is 3.14. The monoisotopic (exact) mass is 409 g/mol. The fourth-order valence-electron chi connectivity index (χ4n) is 4.16. The Hall–Kier alpha value is -3.06. The van der Waals surface area contributed by atoms with Gasteiger partial charge in [0.15, 0.2) is 11.5 Å². The van der Waals surface area contributed by atoms with Crippen molar-refractivity contribution in [2.45, 2.75) is 38.5 Å². The second kappa shape index (κ2) is 8.36. The van der Waals surface area contributed by atoms with Crippen LogP contribution in [0.4, 0.5) is 5.69 Å². The zero-order valence-electron chi connectivity index (χ0n) is 17.3. The molecule has 0 unspecified atom stereocenters. The van der Waals surface area contributed by atoms with Gasteiger partial charge in [0.1, 0.15) is 6.61 Å². The maximum atomic E-state index is 13.3. The van der Waals surface area contributed by atoms with Crippen LogP contribution in [0.2, 0.25) is 0 Å². The predicted octanol–water partition coefficient (Wildman–Crippen LogP) is 2.57. The van der Waals surface area contributed by atoms with Crippen molar-refractivity contribution in [3.05, 3.63) is 53.6 Å². The highest BCUT2D eigenvalue weighted by atomic mass is 16.5. The van der Waals surface area contributed by atoms with Gasteiger partial charge in [0.25, 0.3) is 5.91 Å². The molecule has 2 amide bonds. The van der Waals surface area contributed by atoms with Crippen LogP contribution in [0.25, 0.3) is 0 Å². The molecule has 2 atom stereocenters. The summed E-state index contributed by atoms with van der Waals surface area (Å²) in [5.74, 6) is 0.652. The maximum Gasteiger partial charge on any atom is 0.256 e. The fourth-order valence-corrected chi connectivity index (χ4v) is 4.16. The molecule has 2 N–H and O–H groups in total. The van der Waals surface area contributed by atoms with E-state index in [1.165, 1.54) is 0 Å². The Bertz CT molecular complexity index is 945. The van der Waals surface area contributed by atoms with Gasteiger partial charge in [-0.25, -0.2) is 0 Å². The van der Waals surface area contributed by atoms with E-state index >= 15 is 0 Å². The Morgan fingerprint density at radius 2 is 2.00 bits per heavy atom. The molecule has 2 heterocycles. The molecule has 7 nitrogen and oxygen atoms in total. The number of ether oxygens (including phenoxy) is 2. The zero-order valence-corrected chi connectivity index (χ0v) is 17.3. The van der Waals surface area contributed by atoms with Crippen molar-refractivity contribution < 1.29 is 19.1 Å². The number of hydrogen-bond donors (Lipinski definition) is 1. The van der Waals surface area contributed by atoms with E-state index in [1.54, 1.807) is 31.1 Å². The number of nitrogens with two attached hydrogens (primary N) is 1. The Kier molecular flexibility index (Phi) is 5.63. The number of carbonyl (C=O) groups is 2. The first-order valence-electron chi connectivity index (χ1n) is 10.3. The molecule has 158 valence electrons. The molecule has 0 saturated carbocycles. The summed E-state index contributed by atoms with van der Waals surface area (Å²) in [6, 6.07) is 12.5. The van der Waals surface area contributed by atoms with Gasteiger partial charge < -0.3 is 25.0 Å². The van der Waals surface area contributed by atoms with Crippen molar-refractivity contribution in [2.24, 2.45) is 5.73 Å². The minimum Gasteiger partial charge on any atom is -0.493 e. The molecular weight excluding hydrogens is 382 g/mol. The number of rotatable bonds is 5. The van der Waals surface area contributed by atoms with Gasteiger partial charge in [-0.05, 0) is 31.4 Å². The average molecular weight is 409 g/mol. The van der Waals surface area contributed by atoms with Crippen molar-refractivity contribution in [1.82, 2.24) is 4.90 Å². The van der Waals surface area contributed by atoms with Gasteiger partial charge in [0.2, 0.25) is 5.91 Å². The largest absolute Gasteiger partial charge is 0.493 e. The van der Waals surface area contributed by atoms with Crippen molar-refractivity contribution in [3.63, 3.8) is 0 Å². The lowest BCUT2D eigenvalue weighted by Crippen LogP contribution is -2.47. The molecule has 1 saturated heterocycles. The van der Waals surface area contributed by atoms with Gasteiger partial charge in [-0.1, -0.05) is 30.3 Å². The number of benzene rings is 2. The Labute approximate surface area is 176 Å². The number of methoxy groups -OCH3 is 1. The first-order valence-corrected chi connectivity index (χ1v) is 10.3. The average Bonchev–Trinajstić information content (AvgIpc) is 3.19. The lowest BCUT2D eigenvalue weighted by molar-refractivity contribution is -0.119. The smallest absolute Gasteiger partial charge is 0.256 e. The number of nitrogens with zero attached hydrogens (tertiary/aromatic N) is 2. The molecule has 0 radical (unpaired) electrons. The van der Waals surface area contributed by atoms with Gasteiger partial charge in [-0.3, -0.25) is 9.59 Å². The third-order valence-electron chi connectivity index (χ3n) is 5.73. The highest BCUT2D eigenvalue weighted by Crippen LogP contribution is 2.40. The van der Waals surface area contributed by atoms with Gasteiger partial charge in [0.05, 0.1) is 30.4 Å². The highest BCUT2D eigenvalue weighted by Gasteiger charge is 2.39. The van der Waals surface area contributed by atoms with E-state index in [9.17, 15) is 9.59 Å². The van der Waals surface area contributed by atoms with Crippen molar-refractivity contribution in [1.29, 1.82) is 0 Å². The Morgan fingerprint density at radius 1 is 1.23 bits per heavy atom. The van der Waals surface area contributed by atoms with Gasteiger partial charge >= 0.3 is 0 Å². The van der Waals surface area contributed by atoms with Crippen LogP contribution in [-0.4, -0.2) is 49.0 Å². The summed E-state index contributed by atoms with van der Waals surface area (Å²) < 4.78 is 11.5. The zero-order chi connectivity index (χ0) is 21.3. The van der Waals surface area contributed by atoms with Gasteiger partial charge in [-0.2, -0.15) is 0 Å². The van der Waals surface area contributed by atoms with Gasteiger partial charge in [-0.15, -0.1) is 0 Å². The number of carbonyl (C=O) groups excluding carboxylic acids is 2. The first-order chi connectivity index (χ1) is 14.5. The Balaban J connectivity index is 1.76.